The summed E-state index contributed by atoms with van der Waals surface area (Å²) < 4.78 is 7.14. The summed E-state index contributed by atoms with van der Waals surface area (Å²) in [7, 11) is 1.66. The van der Waals surface area contributed by atoms with E-state index in [1.54, 1.807) is 18.9 Å². The van der Waals surface area contributed by atoms with Crippen molar-refractivity contribution in [2.45, 2.75) is 19.1 Å². The van der Waals surface area contributed by atoms with Crippen LogP contribution in [0.4, 0.5) is 5.82 Å². The number of hydrogen-bond donors (Lipinski definition) is 1. The van der Waals surface area contributed by atoms with Gasteiger partial charge in [-0.25, -0.2) is 4.68 Å². The predicted octanol–water partition coefficient (Wildman–Crippen LogP) is 4.27. The van der Waals surface area contributed by atoms with Gasteiger partial charge >= 0.3 is 0 Å². The van der Waals surface area contributed by atoms with Crippen LogP contribution in [0, 0.1) is 13.8 Å². The Hall–Kier alpha value is -2.73. The fraction of sp³-hybridized carbons (Fsp3) is 0.238. The summed E-state index contributed by atoms with van der Waals surface area (Å²) in [6.45, 7) is 4.05. The molecular weight excluding hydrogens is 358 g/mol. The number of benzene rings is 2. The molecule has 0 spiro atoms. The van der Waals surface area contributed by atoms with E-state index in [9.17, 15) is 4.79 Å². The number of aryl methyl sites for hydroxylation is 2. The van der Waals surface area contributed by atoms with E-state index in [0.717, 1.165) is 39.6 Å². The second-order valence-electron chi connectivity index (χ2n) is 6.56. The SMILES string of the molecule is COc1ccc(C2SCC(=O)Nc3c2c(C)nn3-c2ccccc2C)cc1. The highest BCUT2D eigenvalue weighted by atomic mass is 32.2. The van der Waals surface area contributed by atoms with Crippen LogP contribution in [0.5, 0.6) is 5.75 Å². The molecule has 1 aromatic heterocycles. The molecule has 1 aliphatic rings. The van der Waals surface area contributed by atoms with Gasteiger partial charge in [0.1, 0.15) is 11.6 Å². The van der Waals surface area contributed by atoms with Gasteiger partial charge in [-0.2, -0.15) is 5.10 Å². The maximum Gasteiger partial charge on any atom is 0.235 e. The zero-order chi connectivity index (χ0) is 19.0. The minimum Gasteiger partial charge on any atom is -0.497 e. The van der Waals surface area contributed by atoms with Crippen LogP contribution in [0.1, 0.15) is 27.6 Å². The van der Waals surface area contributed by atoms with Gasteiger partial charge in [0.05, 0.1) is 29.5 Å². The van der Waals surface area contributed by atoms with Gasteiger partial charge in [0.15, 0.2) is 0 Å². The molecule has 1 atom stereocenters. The zero-order valence-corrected chi connectivity index (χ0v) is 16.3. The first-order valence-electron chi connectivity index (χ1n) is 8.79. The Labute approximate surface area is 162 Å². The molecular formula is C21H21N3O2S. The molecule has 138 valence electrons. The van der Waals surface area contributed by atoms with E-state index in [1.165, 1.54) is 0 Å². The summed E-state index contributed by atoms with van der Waals surface area (Å²) in [6, 6.07) is 16.1. The van der Waals surface area contributed by atoms with Gasteiger partial charge in [-0.15, -0.1) is 11.8 Å². The van der Waals surface area contributed by atoms with E-state index in [0.29, 0.717) is 5.75 Å². The van der Waals surface area contributed by atoms with Crippen molar-refractivity contribution < 1.29 is 9.53 Å². The highest BCUT2D eigenvalue weighted by molar-refractivity contribution is 8.00. The number of thioether (sulfide) groups is 1. The minimum absolute atomic E-state index is 0.00741. The summed E-state index contributed by atoms with van der Waals surface area (Å²) >= 11 is 1.62. The maximum absolute atomic E-state index is 12.4. The molecule has 1 aliphatic heterocycles. The van der Waals surface area contributed by atoms with Crippen molar-refractivity contribution in [2.24, 2.45) is 0 Å². The number of hydrogen-bond acceptors (Lipinski definition) is 4. The van der Waals surface area contributed by atoms with Gasteiger partial charge in [-0.3, -0.25) is 4.79 Å². The standard InChI is InChI=1S/C21H21N3O2S/c1-13-6-4-5-7-17(13)24-21-19(14(2)23-24)20(27-12-18(25)22-21)15-8-10-16(26-3)11-9-15/h4-11,20H,12H2,1-3H3,(H,22,25). The van der Waals surface area contributed by atoms with Gasteiger partial charge in [-0.05, 0) is 43.2 Å². The van der Waals surface area contributed by atoms with Crippen LogP contribution in [-0.2, 0) is 4.79 Å². The molecule has 0 radical (unpaired) electrons. The van der Waals surface area contributed by atoms with Crippen LogP contribution in [0.25, 0.3) is 5.69 Å². The van der Waals surface area contributed by atoms with Crippen LogP contribution in [0.2, 0.25) is 0 Å². The Morgan fingerprint density at radius 1 is 1.15 bits per heavy atom. The number of carbonyl (C=O) groups is 1. The quantitative estimate of drug-likeness (QED) is 0.738. The summed E-state index contributed by atoms with van der Waals surface area (Å²) in [5.74, 6) is 1.97. The monoisotopic (exact) mass is 379 g/mol. The van der Waals surface area contributed by atoms with Gasteiger partial charge in [0.25, 0.3) is 0 Å². The number of nitrogens with zero attached hydrogens (tertiary/aromatic N) is 2. The lowest BCUT2D eigenvalue weighted by Crippen LogP contribution is -2.16. The Morgan fingerprint density at radius 3 is 2.59 bits per heavy atom. The average molecular weight is 379 g/mol. The number of aromatic nitrogens is 2. The Balaban J connectivity index is 1.87. The molecule has 0 aliphatic carbocycles. The average Bonchev–Trinajstić information content (AvgIpc) is 2.88. The molecule has 1 amide bonds. The lowest BCUT2D eigenvalue weighted by Gasteiger charge is -2.16. The topological polar surface area (TPSA) is 56.1 Å². The second kappa shape index (κ2) is 7.12. The fourth-order valence-corrected chi connectivity index (χ4v) is 4.59. The highest BCUT2D eigenvalue weighted by Crippen LogP contribution is 2.44. The van der Waals surface area contributed by atoms with Crippen LogP contribution in [0.3, 0.4) is 0 Å². The van der Waals surface area contributed by atoms with Gasteiger partial charge in [0, 0.05) is 5.56 Å². The van der Waals surface area contributed by atoms with E-state index in [4.69, 9.17) is 9.84 Å². The number of methoxy groups -OCH3 is 1. The number of amides is 1. The Bertz CT molecular complexity index is 995. The van der Waals surface area contributed by atoms with Crippen LogP contribution < -0.4 is 10.1 Å². The van der Waals surface area contributed by atoms with Crippen LogP contribution >= 0.6 is 11.8 Å². The molecule has 3 aromatic rings. The molecule has 1 N–H and O–H groups in total. The van der Waals surface area contributed by atoms with Crippen LogP contribution in [-0.4, -0.2) is 28.6 Å². The molecule has 1 unspecified atom stereocenters. The van der Waals surface area contributed by atoms with Gasteiger partial charge in [-0.1, -0.05) is 30.3 Å². The fourth-order valence-electron chi connectivity index (χ4n) is 3.40. The van der Waals surface area contributed by atoms with Crippen molar-refractivity contribution in [1.82, 2.24) is 9.78 Å². The number of carbonyl (C=O) groups excluding carboxylic acids is 1. The molecule has 27 heavy (non-hydrogen) atoms. The van der Waals surface area contributed by atoms with Crippen molar-refractivity contribution in [3.8, 4) is 11.4 Å². The zero-order valence-electron chi connectivity index (χ0n) is 15.5. The third kappa shape index (κ3) is 3.21. The predicted molar refractivity (Wildman–Crippen MR) is 109 cm³/mol. The summed E-state index contributed by atoms with van der Waals surface area (Å²) in [5, 5.41) is 7.88. The summed E-state index contributed by atoms with van der Waals surface area (Å²) in [6.07, 6.45) is 0. The molecule has 2 heterocycles. The van der Waals surface area contributed by atoms with E-state index in [1.807, 2.05) is 54.9 Å². The second-order valence-corrected chi connectivity index (χ2v) is 7.65. The molecule has 0 saturated carbocycles. The molecule has 0 fully saturated rings. The van der Waals surface area contributed by atoms with Crippen LogP contribution in [0.15, 0.2) is 48.5 Å². The molecule has 6 heteroatoms. The van der Waals surface area contributed by atoms with Crippen molar-refractivity contribution in [3.05, 3.63) is 70.9 Å². The summed E-state index contributed by atoms with van der Waals surface area (Å²) in [4.78, 5) is 12.4. The third-order valence-electron chi connectivity index (χ3n) is 4.77. The Morgan fingerprint density at radius 2 is 1.89 bits per heavy atom. The van der Waals surface area contributed by atoms with Crippen molar-refractivity contribution in [3.63, 3.8) is 0 Å². The summed E-state index contributed by atoms with van der Waals surface area (Å²) in [5.41, 5.74) is 5.19. The number of rotatable bonds is 3. The smallest absolute Gasteiger partial charge is 0.235 e. The number of anilines is 1. The number of para-hydroxylation sites is 1. The lowest BCUT2D eigenvalue weighted by molar-refractivity contribution is -0.113. The maximum atomic E-state index is 12.4. The van der Waals surface area contributed by atoms with Gasteiger partial charge < -0.3 is 10.1 Å². The largest absolute Gasteiger partial charge is 0.497 e. The van der Waals surface area contributed by atoms with Crippen molar-refractivity contribution in [2.75, 3.05) is 18.2 Å². The molecule has 0 saturated heterocycles. The van der Waals surface area contributed by atoms with Crippen molar-refractivity contribution >= 4 is 23.5 Å². The van der Waals surface area contributed by atoms with E-state index >= 15 is 0 Å². The van der Waals surface area contributed by atoms with Crippen molar-refractivity contribution in [1.29, 1.82) is 0 Å². The first kappa shape index (κ1) is 17.7. The van der Waals surface area contributed by atoms with E-state index < -0.39 is 0 Å². The number of ether oxygens (including phenoxy) is 1. The molecule has 0 bridgehead atoms. The lowest BCUT2D eigenvalue weighted by atomic mass is 10.0. The first-order valence-corrected chi connectivity index (χ1v) is 9.84. The first-order chi connectivity index (χ1) is 13.1. The van der Waals surface area contributed by atoms with Gasteiger partial charge in [0.2, 0.25) is 5.91 Å². The molecule has 4 rings (SSSR count). The Kier molecular flexibility index (Phi) is 4.66. The minimum atomic E-state index is -0.00741. The highest BCUT2D eigenvalue weighted by Gasteiger charge is 2.30. The normalized spacial score (nSPS) is 16.4. The molecule has 2 aromatic carbocycles. The van der Waals surface area contributed by atoms with E-state index in [2.05, 4.69) is 17.4 Å². The molecule has 5 nitrogen and oxygen atoms in total. The number of fused-ring (bicyclic) bond motifs is 1. The number of nitrogens with one attached hydrogen (secondary N) is 1. The third-order valence-corrected chi connectivity index (χ3v) is 6.04. The van der Waals surface area contributed by atoms with E-state index in [-0.39, 0.29) is 11.2 Å².